The molecule has 1 saturated carbocycles. The van der Waals surface area contributed by atoms with Gasteiger partial charge >= 0.3 is 5.51 Å². The van der Waals surface area contributed by atoms with E-state index in [1.807, 2.05) is 17.8 Å². The van der Waals surface area contributed by atoms with Crippen molar-refractivity contribution >= 4 is 46.5 Å². The van der Waals surface area contributed by atoms with Crippen molar-refractivity contribution in [3.8, 4) is 17.6 Å². The van der Waals surface area contributed by atoms with Crippen LogP contribution in [-0.4, -0.2) is 82.8 Å². The number of likely N-dealkylation sites (tertiary alicyclic amines) is 1. The number of nitrogens with zero attached hydrogens (tertiary/aromatic N) is 3. The first-order valence-corrected chi connectivity index (χ1v) is 15.7. The molecular formula is C29H31F3N6O2S2. The van der Waals surface area contributed by atoms with Crippen LogP contribution >= 0.6 is 23.5 Å². The number of rotatable bonds is 8. The number of ether oxygens (including phenoxy) is 1. The number of anilines is 2. The summed E-state index contributed by atoms with van der Waals surface area (Å²) in [5.74, 6) is 9.60. The monoisotopic (exact) mass is 616 g/mol. The molecule has 0 unspecified atom stereocenters. The summed E-state index contributed by atoms with van der Waals surface area (Å²) in [5.41, 5.74) is -3.15. The molecule has 0 radical (unpaired) electrons. The minimum atomic E-state index is -4.50. The maximum Gasteiger partial charge on any atom is 0.446 e. The van der Waals surface area contributed by atoms with E-state index in [0.29, 0.717) is 40.3 Å². The van der Waals surface area contributed by atoms with E-state index in [-0.39, 0.29) is 40.3 Å². The molecule has 1 amide bonds. The fraction of sp³-hybridized carbons (Fsp3) is 0.448. The fourth-order valence-electron chi connectivity index (χ4n) is 5.72. The van der Waals surface area contributed by atoms with Gasteiger partial charge in [0.25, 0.3) is 5.91 Å². The van der Waals surface area contributed by atoms with Gasteiger partial charge in [0.1, 0.15) is 17.3 Å². The van der Waals surface area contributed by atoms with E-state index < -0.39 is 5.51 Å². The summed E-state index contributed by atoms with van der Waals surface area (Å²) in [6, 6.07) is 10.9. The Morgan fingerprint density at radius 1 is 1.29 bits per heavy atom. The number of halogens is 3. The molecule has 3 aliphatic rings. The highest BCUT2D eigenvalue weighted by atomic mass is 32.2. The molecule has 6 rings (SSSR count). The Labute approximate surface area is 250 Å². The smallest absolute Gasteiger partial charge is 0.446 e. The zero-order valence-electron chi connectivity index (χ0n) is 23.2. The van der Waals surface area contributed by atoms with Gasteiger partial charge in [-0.25, -0.2) is 4.52 Å². The van der Waals surface area contributed by atoms with Crippen molar-refractivity contribution < 1.29 is 22.7 Å². The Balaban J connectivity index is 1.23. The van der Waals surface area contributed by atoms with Crippen LogP contribution in [0.5, 0.6) is 5.75 Å². The van der Waals surface area contributed by atoms with E-state index in [4.69, 9.17) is 4.74 Å². The van der Waals surface area contributed by atoms with Crippen LogP contribution in [0.2, 0.25) is 0 Å². The van der Waals surface area contributed by atoms with Crippen LogP contribution < -0.4 is 20.7 Å². The van der Waals surface area contributed by atoms with Gasteiger partial charge in [-0.05, 0) is 66.8 Å². The first kappa shape index (κ1) is 28.9. The van der Waals surface area contributed by atoms with Crippen LogP contribution in [-0.2, 0) is 0 Å². The molecule has 222 valence electrons. The standard InChI is InChI=1S/C29H31F3N6O2S2/c1-33-27(39)18-8-9-24(40-2)22(13-18)34-11-4-5-21-26(42-29(30,31)32)23-6-3-7-25(38(23)36-21)35-28-10-12-37(15-19(28)14-28)20-16-41-17-20/h3,6-9,13,19-20,34-35H,10-12,14-17H2,1-2H3,(H,33,39)/t19-,28+/m1/s1. The van der Waals surface area contributed by atoms with Crippen LogP contribution in [0.25, 0.3) is 5.52 Å². The zero-order chi connectivity index (χ0) is 29.5. The van der Waals surface area contributed by atoms with Gasteiger partial charge in [0.05, 0.1) is 29.8 Å². The SMILES string of the molecule is CNC(=O)c1ccc(OC)c(NCC#Cc2nn3c(N[C@]45CCN(C6CSC6)C[C@H]4C5)cccc3c2SC(F)(F)F)c1. The molecule has 2 atom stereocenters. The maximum absolute atomic E-state index is 13.6. The molecule has 1 aromatic carbocycles. The number of aromatic nitrogens is 2. The minimum Gasteiger partial charge on any atom is -0.495 e. The van der Waals surface area contributed by atoms with Gasteiger partial charge in [0.15, 0.2) is 0 Å². The van der Waals surface area contributed by atoms with Gasteiger partial charge in [-0.3, -0.25) is 9.69 Å². The van der Waals surface area contributed by atoms with Gasteiger partial charge in [0, 0.05) is 48.8 Å². The number of carbonyl (C=O) groups is 1. The minimum absolute atomic E-state index is 0.0278. The van der Waals surface area contributed by atoms with Crippen molar-refractivity contribution in [2.24, 2.45) is 5.92 Å². The maximum atomic E-state index is 13.6. The van der Waals surface area contributed by atoms with E-state index >= 15 is 0 Å². The second-order valence-corrected chi connectivity index (χ2v) is 12.9. The lowest BCUT2D eigenvalue weighted by molar-refractivity contribution is -0.0327. The fourth-order valence-corrected chi connectivity index (χ4v) is 7.27. The molecule has 0 bridgehead atoms. The van der Waals surface area contributed by atoms with Gasteiger partial charge < -0.3 is 20.7 Å². The van der Waals surface area contributed by atoms with Crippen molar-refractivity contribution in [3.63, 3.8) is 0 Å². The first-order valence-electron chi connectivity index (χ1n) is 13.7. The van der Waals surface area contributed by atoms with E-state index in [1.54, 1.807) is 34.8 Å². The molecule has 2 aromatic heterocycles. The molecule has 42 heavy (non-hydrogen) atoms. The highest BCUT2D eigenvalue weighted by Crippen LogP contribution is 2.52. The summed E-state index contributed by atoms with van der Waals surface area (Å²) in [5, 5.41) is 13.9. The van der Waals surface area contributed by atoms with Crippen molar-refractivity contribution in [1.82, 2.24) is 19.8 Å². The number of benzene rings is 1. The number of carbonyl (C=O) groups excluding carboxylic acids is 1. The second-order valence-electron chi connectivity index (χ2n) is 10.7. The van der Waals surface area contributed by atoms with Crippen LogP contribution in [0, 0.1) is 17.8 Å². The second kappa shape index (κ2) is 11.5. The summed E-state index contributed by atoms with van der Waals surface area (Å²) in [6.45, 7) is 2.19. The Bertz CT molecular complexity index is 1560. The van der Waals surface area contributed by atoms with E-state index in [1.165, 1.54) is 25.7 Å². The van der Waals surface area contributed by atoms with Crippen molar-refractivity contribution in [3.05, 3.63) is 47.7 Å². The van der Waals surface area contributed by atoms with Crippen LogP contribution in [0.15, 0.2) is 41.3 Å². The van der Waals surface area contributed by atoms with Gasteiger partial charge in [0.2, 0.25) is 0 Å². The number of nitrogens with one attached hydrogen (secondary N) is 3. The van der Waals surface area contributed by atoms with Crippen LogP contribution in [0.3, 0.4) is 0 Å². The number of piperidine rings is 1. The number of amides is 1. The lowest BCUT2D eigenvalue weighted by Gasteiger charge is -2.41. The third-order valence-electron chi connectivity index (χ3n) is 8.14. The lowest BCUT2D eigenvalue weighted by atomic mass is 10.0. The average molecular weight is 617 g/mol. The Morgan fingerprint density at radius 3 is 2.81 bits per heavy atom. The molecule has 3 N–H and O–H groups in total. The molecule has 3 aromatic rings. The molecule has 2 saturated heterocycles. The molecule has 13 heteroatoms. The largest absolute Gasteiger partial charge is 0.495 e. The molecule has 8 nitrogen and oxygen atoms in total. The van der Waals surface area contributed by atoms with Crippen molar-refractivity contribution in [1.29, 1.82) is 0 Å². The Hall–Kier alpha value is -3.21. The predicted octanol–water partition coefficient (Wildman–Crippen LogP) is 4.77. The highest BCUT2D eigenvalue weighted by molar-refractivity contribution is 8.00. The molecule has 2 aliphatic heterocycles. The number of alkyl halides is 3. The first-order chi connectivity index (χ1) is 20.2. The number of hydrogen-bond acceptors (Lipinski definition) is 8. The summed E-state index contributed by atoms with van der Waals surface area (Å²) in [6.07, 6.45) is 2.05. The number of hydrogen-bond donors (Lipinski definition) is 3. The number of fused-ring (bicyclic) bond motifs is 2. The third-order valence-corrected chi connectivity index (χ3v) is 10.2. The molecule has 0 spiro atoms. The highest BCUT2D eigenvalue weighted by Gasteiger charge is 2.57. The number of thioether (sulfide) groups is 2. The normalized spacial score (nSPS) is 22.0. The van der Waals surface area contributed by atoms with Gasteiger partial charge in [-0.2, -0.15) is 30.0 Å². The van der Waals surface area contributed by atoms with E-state index in [0.717, 1.165) is 25.9 Å². The molecular weight excluding hydrogens is 585 g/mol. The summed E-state index contributed by atoms with van der Waals surface area (Å²) in [4.78, 5) is 14.6. The molecule has 1 aliphatic carbocycles. The van der Waals surface area contributed by atoms with E-state index in [9.17, 15) is 18.0 Å². The van der Waals surface area contributed by atoms with E-state index in [2.05, 4.69) is 37.8 Å². The third kappa shape index (κ3) is 5.85. The number of pyridine rings is 1. The Kier molecular flexibility index (Phi) is 7.89. The molecule has 4 heterocycles. The van der Waals surface area contributed by atoms with Gasteiger partial charge in [-0.15, -0.1) is 0 Å². The lowest BCUT2D eigenvalue weighted by Crippen LogP contribution is -2.50. The Morgan fingerprint density at radius 2 is 2.12 bits per heavy atom. The van der Waals surface area contributed by atoms with Gasteiger partial charge in [-0.1, -0.05) is 12.0 Å². The predicted molar refractivity (Wildman–Crippen MR) is 161 cm³/mol. The summed E-state index contributed by atoms with van der Waals surface area (Å²) < 4.78 is 47.8. The van der Waals surface area contributed by atoms with Crippen molar-refractivity contribution in [2.45, 2.75) is 34.8 Å². The quantitative estimate of drug-likeness (QED) is 0.247. The number of methoxy groups -OCH3 is 1. The zero-order valence-corrected chi connectivity index (χ0v) is 24.8. The average Bonchev–Trinajstić information content (AvgIpc) is 3.54. The molecule has 3 fully saturated rings. The summed E-state index contributed by atoms with van der Waals surface area (Å²) >= 11 is 1.79. The van der Waals surface area contributed by atoms with Crippen LogP contribution in [0.4, 0.5) is 24.7 Å². The summed E-state index contributed by atoms with van der Waals surface area (Å²) in [7, 11) is 3.05. The van der Waals surface area contributed by atoms with Crippen LogP contribution in [0.1, 0.15) is 28.9 Å². The van der Waals surface area contributed by atoms with Crippen molar-refractivity contribution in [2.75, 3.05) is 55.9 Å². The topological polar surface area (TPSA) is 82.9 Å².